The third-order valence-corrected chi connectivity index (χ3v) is 7.85. The van der Waals surface area contributed by atoms with E-state index < -0.39 is 6.04 Å². The van der Waals surface area contributed by atoms with Gasteiger partial charge in [-0.3, -0.25) is 14.7 Å². The molecule has 0 saturated carbocycles. The van der Waals surface area contributed by atoms with Crippen LogP contribution in [0.4, 0.5) is 0 Å². The number of thiophene rings is 1. The van der Waals surface area contributed by atoms with E-state index in [0.717, 1.165) is 43.2 Å². The molecule has 1 aliphatic heterocycles. The second-order valence-corrected chi connectivity index (χ2v) is 10.5. The maximum absolute atomic E-state index is 13.3. The number of piperazine rings is 1. The summed E-state index contributed by atoms with van der Waals surface area (Å²) in [4.78, 5) is 21.5. The number of nitrogens with one attached hydrogen (secondary N) is 3. The average molecular weight is 526 g/mol. The average Bonchev–Trinajstić information content (AvgIpc) is 3.45. The first-order valence-corrected chi connectivity index (χ1v) is 13.6. The van der Waals surface area contributed by atoms with E-state index in [1.54, 1.807) is 36.7 Å². The lowest BCUT2D eigenvalue weighted by Crippen LogP contribution is -2.42. The molecule has 0 radical (unpaired) electrons. The van der Waals surface area contributed by atoms with Crippen LogP contribution in [0.15, 0.2) is 85.2 Å². The minimum Gasteiger partial charge on any atom is -0.508 e. The highest BCUT2D eigenvalue weighted by Gasteiger charge is 2.22. The second-order valence-electron chi connectivity index (χ2n) is 9.40. The molecule has 4 N–H and O–H groups in total. The standard InChI is InChI=1S/C30H31N5O2S/c31-25(23-4-3-13-33-19-23)18-26(24-5-1-2-6-27(24)36)34-30(37)29-12-11-28(38-29)22-9-7-21(8-10-22)20-35-16-14-32-15-17-35/h1-13,19,26,31-32,36H,14-18,20H2,(H,34,37). The first kappa shape index (κ1) is 25.8. The molecular formula is C30H31N5O2S. The Bertz CT molecular complexity index is 1380. The molecule has 0 aliphatic carbocycles. The van der Waals surface area contributed by atoms with Gasteiger partial charge in [0.25, 0.3) is 5.91 Å². The van der Waals surface area contributed by atoms with Crippen LogP contribution < -0.4 is 10.6 Å². The van der Waals surface area contributed by atoms with Crippen molar-refractivity contribution in [3.8, 4) is 16.2 Å². The Morgan fingerprint density at radius 2 is 1.84 bits per heavy atom. The Balaban J connectivity index is 1.29. The van der Waals surface area contributed by atoms with Crippen molar-refractivity contribution in [2.45, 2.75) is 19.0 Å². The van der Waals surface area contributed by atoms with E-state index in [9.17, 15) is 9.90 Å². The third-order valence-electron chi connectivity index (χ3n) is 6.72. The molecule has 2 aromatic heterocycles. The van der Waals surface area contributed by atoms with Crippen LogP contribution in [0.5, 0.6) is 5.75 Å². The number of rotatable bonds is 9. The zero-order chi connectivity index (χ0) is 26.3. The van der Waals surface area contributed by atoms with Gasteiger partial charge in [0.05, 0.1) is 10.9 Å². The third kappa shape index (κ3) is 6.34. The Labute approximate surface area is 226 Å². The minimum atomic E-state index is -0.564. The smallest absolute Gasteiger partial charge is 0.261 e. The van der Waals surface area contributed by atoms with Crippen molar-refractivity contribution >= 4 is 23.0 Å². The summed E-state index contributed by atoms with van der Waals surface area (Å²) in [5.41, 5.74) is 3.95. The molecule has 4 aromatic rings. The van der Waals surface area contributed by atoms with Crippen LogP contribution in [0, 0.1) is 5.41 Å². The number of amides is 1. The molecule has 194 valence electrons. The Morgan fingerprint density at radius 3 is 2.58 bits per heavy atom. The number of carbonyl (C=O) groups is 1. The minimum absolute atomic E-state index is 0.0876. The van der Waals surface area contributed by atoms with Crippen LogP contribution in [0.2, 0.25) is 0 Å². The Hall–Kier alpha value is -3.85. The molecule has 0 spiro atoms. The molecule has 38 heavy (non-hydrogen) atoms. The molecule has 1 saturated heterocycles. The highest BCUT2D eigenvalue weighted by Crippen LogP contribution is 2.31. The molecule has 2 aromatic carbocycles. The van der Waals surface area contributed by atoms with Crippen LogP contribution in [0.1, 0.15) is 38.8 Å². The highest BCUT2D eigenvalue weighted by atomic mass is 32.1. The number of phenolic OH excluding ortho intramolecular Hbond substituents is 1. The van der Waals surface area contributed by atoms with Crippen molar-refractivity contribution < 1.29 is 9.90 Å². The van der Waals surface area contributed by atoms with Crippen molar-refractivity contribution in [2.24, 2.45) is 0 Å². The summed E-state index contributed by atoms with van der Waals surface area (Å²) in [6.45, 7) is 5.14. The van der Waals surface area contributed by atoms with Crippen molar-refractivity contribution in [1.29, 1.82) is 5.41 Å². The van der Waals surface area contributed by atoms with E-state index in [1.807, 2.05) is 24.3 Å². The molecule has 3 heterocycles. The molecular weight excluding hydrogens is 494 g/mol. The number of benzene rings is 2. The number of aromatic hydroxyl groups is 1. The maximum Gasteiger partial charge on any atom is 0.261 e. The lowest BCUT2D eigenvalue weighted by atomic mass is 9.97. The van der Waals surface area contributed by atoms with Gasteiger partial charge in [-0.1, -0.05) is 48.5 Å². The van der Waals surface area contributed by atoms with Crippen LogP contribution in [0.25, 0.3) is 10.4 Å². The van der Waals surface area contributed by atoms with Crippen LogP contribution in [-0.4, -0.2) is 52.8 Å². The Morgan fingerprint density at radius 1 is 1.05 bits per heavy atom. The van der Waals surface area contributed by atoms with Gasteiger partial charge in [0.1, 0.15) is 5.75 Å². The second kappa shape index (κ2) is 12.1. The lowest BCUT2D eigenvalue weighted by Gasteiger charge is -2.27. The quantitative estimate of drug-likeness (QED) is 0.234. The summed E-state index contributed by atoms with van der Waals surface area (Å²) in [5.74, 6) is -0.145. The first-order valence-electron chi connectivity index (χ1n) is 12.8. The van der Waals surface area contributed by atoms with Crippen molar-refractivity contribution in [3.05, 3.63) is 107 Å². The molecule has 1 aliphatic rings. The summed E-state index contributed by atoms with van der Waals surface area (Å²) >= 11 is 1.44. The van der Waals surface area contributed by atoms with Gasteiger partial charge in [-0.25, -0.2) is 0 Å². The summed E-state index contributed by atoms with van der Waals surface area (Å²) in [7, 11) is 0. The van der Waals surface area contributed by atoms with Gasteiger partial charge in [-0.05, 0) is 35.4 Å². The number of para-hydroxylation sites is 1. The molecule has 7 nitrogen and oxygen atoms in total. The summed E-state index contributed by atoms with van der Waals surface area (Å²) in [6, 6.07) is 22.3. The fourth-order valence-electron chi connectivity index (χ4n) is 4.63. The van der Waals surface area contributed by atoms with Crippen LogP contribution in [-0.2, 0) is 6.54 Å². The molecule has 5 rings (SSSR count). The van der Waals surface area contributed by atoms with Crippen molar-refractivity contribution in [3.63, 3.8) is 0 Å². The lowest BCUT2D eigenvalue weighted by molar-refractivity contribution is 0.0941. The van der Waals surface area contributed by atoms with E-state index in [1.165, 1.54) is 16.9 Å². The zero-order valence-corrected chi connectivity index (χ0v) is 21.9. The predicted octanol–water partition coefficient (Wildman–Crippen LogP) is 4.85. The molecule has 1 fully saturated rings. The molecule has 1 amide bonds. The topological polar surface area (TPSA) is 101 Å². The zero-order valence-electron chi connectivity index (χ0n) is 21.1. The summed E-state index contributed by atoms with van der Waals surface area (Å²) in [5, 5.41) is 25.5. The number of hydrogen-bond acceptors (Lipinski definition) is 7. The van der Waals surface area contributed by atoms with E-state index in [-0.39, 0.29) is 18.1 Å². The molecule has 1 atom stereocenters. The number of aromatic nitrogens is 1. The summed E-state index contributed by atoms with van der Waals surface area (Å²) in [6.07, 6.45) is 3.52. The van der Waals surface area contributed by atoms with E-state index in [2.05, 4.69) is 44.8 Å². The fourth-order valence-corrected chi connectivity index (χ4v) is 5.55. The number of nitrogens with zero attached hydrogens (tertiary/aromatic N) is 2. The Kier molecular flexibility index (Phi) is 8.23. The predicted molar refractivity (Wildman–Crippen MR) is 152 cm³/mol. The number of pyridine rings is 1. The van der Waals surface area contributed by atoms with Crippen LogP contribution in [0.3, 0.4) is 0 Å². The number of carbonyl (C=O) groups excluding carboxylic acids is 1. The molecule has 0 bridgehead atoms. The van der Waals surface area contributed by atoms with Crippen molar-refractivity contribution in [1.82, 2.24) is 20.5 Å². The SMILES string of the molecule is N=C(CC(NC(=O)c1ccc(-c2ccc(CN3CCNCC3)cc2)s1)c1ccccc1O)c1cccnc1. The largest absolute Gasteiger partial charge is 0.508 e. The van der Waals surface area contributed by atoms with Gasteiger partial charge < -0.3 is 21.1 Å². The van der Waals surface area contributed by atoms with Gasteiger partial charge in [-0.2, -0.15) is 0 Å². The first-order chi connectivity index (χ1) is 18.6. The molecule has 1 unspecified atom stereocenters. The normalized spacial score (nSPS) is 14.6. The van der Waals surface area contributed by atoms with Crippen LogP contribution >= 0.6 is 11.3 Å². The molecule has 8 heteroatoms. The van der Waals surface area contributed by atoms with Gasteiger partial charge in [0.15, 0.2) is 0 Å². The number of phenols is 1. The number of hydrogen-bond donors (Lipinski definition) is 4. The highest BCUT2D eigenvalue weighted by molar-refractivity contribution is 7.17. The van der Waals surface area contributed by atoms with E-state index in [4.69, 9.17) is 5.41 Å². The van der Waals surface area contributed by atoms with E-state index >= 15 is 0 Å². The van der Waals surface area contributed by atoms with Gasteiger partial charge in [-0.15, -0.1) is 11.3 Å². The fraction of sp³-hybridized carbons (Fsp3) is 0.233. The van der Waals surface area contributed by atoms with Gasteiger partial charge in [0, 0.05) is 73.3 Å². The maximum atomic E-state index is 13.3. The van der Waals surface area contributed by atoms with Gasteiger partial charge >= 0.3 is 0 Å². The van der Waals surface area contributed by atoms with Crippen molar-refractivity contribution in [2.75, 3.05) is 26.2 Å². The summed E-state index contributed by atoms with van der Waals surface area (Å²) < 4.78 is 0. The van der Waals surface area contributed by atoms with Gasteiger partial charge in [0.2, 0.25) is 0 Å². The van der Waals surface area contributed by atoms with E-state index in [0.29, 0.717) is 21.7 Å². The monoisotopic (exact) mass is 525 g/mol.